The third-order valence-electron chi connectivity index (χ3n) is 4.52. The van der Waals surface area contributed by atoms with Gasteiger partial charge in [0, 0.05) is 38.4 Å². The van der Waals surface area contributed by atoms with Crippen LogP contribution < -0.4 is 5.32 Å². The molecule has 3 amide bonds. The van der Waals surface area contributed by atoms with Gasteiger partial charge in [0.25, 0.3) is 5.91 Å². The van der Waals surface area contributed by atoms with Crippen LogP contribution in [0.3, 0.4) is 0 Å². The SMILES string of the molecule is CC[C@H]1CCCN(C(=O)Nc2cc(C(=O)N(C)C)ccc2C)C1. The number of carbonyl (C=O) groups excluding carboxylic acids is 2. The molecule has 1 saturated heterocycles. The van der Waals surface area contributed by atoms with Crippen LogP contribution in [0.5, 0.6) is 0 Å². The first kappa shape index (κ1) is 17.3. The summed E-state index contributed by atoms with van der Waals surface area (Å²) in [5, 5.41) is 2.98. The molecule has 1 aromatic carbocycles. The van der Waals surface area contributed by atoms with Gasteiger partial charge in [-0.3, -0.25) is 4.79 Å². The molecule has 0 aliphatic carbocycles. The van der Waals surface area contributed by atoms with E-state index < -0.39 is 0 Å². The monoisotopic (exact) mass is 317 g/mol. The third-order valence-corrected chi connectivity index (χ3v) is 4.52. The quantitative estimate of drug-likeness (QED) is 0.929. The van der Waals surface area contributed by atoms with Gasteiger partial charge in [-0.05, 0) is 43.4 Å². The number of amides is 3. The van der Waals surface area contributed by atoms with Crippen molar-refractivity contribution in [2.24, 2.45) is 5.92 Å². The van der Waals surface area contributed by atoms with E-state index >= 15 is 0 Å². The summed E-state index contributed by atoms with van der Waals surface area (Å²) in [4.78, 5) is 28.0. The van der Waals surface area contributed by atoms with E-state index in [9.17, 15) is 9.59 Å². The van der Waals surface area contributed by atoms with E-state index in [0.29, 0.717) is 17.2 Å². The largest absolute Gasteiger partial charge is 0.345 e. The molecule has 2 rings (SSSR count). The lowest BCUT2D eigenvalue weighted by atomic mass is 9.96. The van der Waals surface area contributed by atoms with Crippen molar-refractivity contribution in [3.05, 3.63) is 29.3 Å². The van der Waals surface area contributed by atoms with Crippen molar-refractivity contribution in [2.75, 3.05) is 32.5 Å². The number of aryl methyl sites for hydroxylation is 1. The molecule has 0 spiro atoms. The number of rotatable bonds is 3. The Labute approximate surface area is 138 Å². The standard InChI is InChI=1S/C18H27N3O2/c1-5-14-7-6-10-21(12-14)18(23)19-16-11-15(9-8-13(16)2)17(22)20(3)4/h8-9,11,14H,5-7,10,12H2,1-4H3,(H,19,23)/t14-/m0/s1. The van der Waals surface area contributed by atoms with E-state index in [2.05, 4.69) is 12.2 Å². The van der Waals surface area contributed by atoms with E-state index in [1.54, 1.807) is 26.2 Å². The van der Waals surface area contributed by atoms with Crippen molar-refractivity contribution in [1.29, 1.82) is 0 Å². The Morgan fingerprint density at radius 3 is 2.74 bits per heavy atom. The van der Waals surface area contributed by atoms with Gasteiger partial charge in [0.05, 0.1) is 0 Å². The number of hydrogen-bond acceptors (Lipinski definition) is 2. The van der Waals surface area contributed by atoms with Gasteiger partial charge in [0.2, 0.25) is 0 Å². The second-order valence-corrected chi connectivity index (χ2v) is 6.52. The molecule has 1 fully saturated rings. The number of carbonyl (C=O) groups is 2. The number of urea groups is 1. The molecule has 23 heavy (non-hydrogen) atoms. The number of hydrogen-bond donors (Lipinski definition) is 1. The molecule has 0 radical (unpaired) electrons. The topological polar surface area (TPSA) is 52.7 Å². The predicted octanol–water partition coefficient (Wildman–Crippen LogP) is 3.35. The van der Waals surface area contributed by atoms with Crippen LogP contribution in [0.1, 0.15) is 42.1 Å². The van der Waals surface area contributed by atoms with Crippen LogP contribution in [0.4, 0.5) is 10.5 Å². The van der Waals surface area contributed by atoms with Gasteiger partial charge in [-0.2, -0.15) is 0 Å². The van der Waals surface area contributed by atoms with Crippen LogP contribution in [0.2, 0.25) is 0 Å². The zero-order chi connectivity index (χ0) is 17.0. The molecule has 5 nitrogen and oxygen atoms in total. The zero-order valence-electron chi connectivity index (χ0n) is 14.6. The highest BCUT2D eigenvalue weighted by Gasteiger charge is 2.23. The molecule has 1 aromatic rings. The molecule has 1 N–H and O–H groups in total. The van der Waals surface area contributed by atoms with E-state index in [-0.39, 0.29) is 11.9 Å². The Kier molecular flexibility index (Phi) is 5.64. The van der Waals surface area contributed by atoms with E-state index in [0.717, 1.165) is 31.5 Å². The average molecular weight is 317 g/mol. The minimum absolute atomic E-state index is 0.0653. The van der Waals surface area contributed by atoms with Crippen molar-refractivity contribution < 1.29 is 9.59 Å². The first-order valence-electron chi connectivity index (χ1n) is 8.30. The second kappa shape index (κ2) is 7.49. The van der Waals surface area contributed by atoms with Gasteiger partial charge in [0.15, 0.2) is 0 Å². The maximum absolute atomic E-state index is 12.5. The molecule has 126 valence electrons. The highest BCUT2D eigenvalue weighted by Crippen LogP contribution is 2.22. The van der Waals surface area contributed by atoms with Gasteiger partial charge < -0.3 is 15.1 Å². The zero-order valence-corrected chi connectivity index (χ0v) is 14.6. The number of anilines is 1. The molecule has 1 aliphatic heterocycles. The van der Waals surface area contributed by atoms with Gasteiger partial charge in [-0.15, -0.1) is 0 Å². The van der Waals surface area contributed by atoms with Crippen molar-refractivity contribution >= 4 is 17.6 Å². The maximum atomic E-state index is 12.5. The predicted molar refractivity (Wildman–Crippen MR) is 92.8 cm³/mol. The number of benzene rings is 1. The minimum Gasteiger partial charge on any atom is -0.345 e. The fourth-order valence-corrected chi connectivity index (χ4v) is 2.92. The third kappa shape index (κ3) is 4.24. The number of piperidine rings is 1. The van der Waals surface area contributed by atoms with Gasteiger partial charge >= 0.3 is 6.03 Å². The average Bonchev–Trinajstić information content (AvgIpc) is 2.56. The van der Waals surface area contributed by atoms with Crippen LogP contribution in [-0.4, -0.2) is 48.9 Å². The summed E-state index contributed by atoms with van der Waals surface area (Å²) in [6.45, 7) is 5.73. The number of nitrogens with one attached hydrogen (secondary N) is 1. The van der Waals surface area contributed by atoms with Crippen LogP contribution in [0.25, 0.3) is 0 Å². The smallest absolute Gasteiger partial charge is 0.321 e. The lowest BCUT2D eigenvalue weighted by Gasteiger charge is -2.32. The van der Waals surface area contributed by atoms with E-state index in [1.165, 1.54) is 11.3 Å². The number of likely N-dealkylation sites (tertiary alicyclic amines) is 1. The van der Waals surface area contributed by atoms with Gasteiger partial charge in [-0.1, -0.05) is 19.4 Å². The maximum Gasteiger partial charge on any atom is 0.321 e. The highest BCUT2D eigenvalue weighted by atomic mass is 16.2. The minimum atomic E-state index is -0.0688. The van der Waals surface area contributed by atoms with E-state index in [4.69, 9.17) is 0 Å². The van der Waals surface area contributed by atoms with E-state index in [1.807, 2.05) is 17.9 Å². The van der Waals surface area contributed by atoms with Crippen LogP contribution >= 0.6 is 0 Å². The Bertz CT molecular complexity index is 584. The lowest BCUT2D eigenvalue weighted by Crippen LogP contribution is -2.42. The van der Waals surface area contributed by atoms with Crippen molar-refractivity contribution in [3.63, 3.8) is 0 Å². The molecule has 1 atom stereocenters. The fraction of sp³-hybridized carbons (Fsp3) is 0.556. The Balaban J connectivity index is 2.11. The Morgan fingerprint density at radius 1 is 1.35 bits per heavy atom. The van der Waals surface area contributed by atoms with Gasteiger partial charge in [0.1, 0.15) is 0 Å². The Hall–Kier alpha value is -2.04. The fourth-order valence-electron chi connectivity index (χ4n) is 2.92. The number of nitrogens with zero attached hydrogens (tertiary/aromatic N) is 2. The van der Waals surface area contributed by atoms with Crippen LogP contribution in [-0.2, 0) is 0 Å². The van der Waals surface area contributed by atoms with Crippen molar-refractivity contribution in [1.82, 2.24) is 9.80 Å². The molecule has 0 unspecified atom stereocenters. The summed E-state index contributed by atoms with van der Waals surface area (Å²) in [6.07, 6.45) is 3.37. The molecule has 0 saturated carbocycles. The summed E-state index contributed by atoms with van der Waals surface area (Å²) in [6, 6.07) is 5.36. The second-order valence-electron chi connectivity index (χ2n) is 6.52. The van der Waals surface area contributed by atoms with Crippen LogP contribution in [0.15, 0.2) is 18.2 Å². The summed E-state index contributed by atoms with van der Waals surface area (Å²) in [5.41, 5.74) is 2.25. The van der Waals surface area contributed by atoms with Gasteiger partial charge in [-0.25, -0.2) is 4.79 Å². The normalized spacial score (nSPS) is 17.7. The molecule has 5 heteroatoms. The summed E-state index contributed by atoms with van der Waals surface area (Å²) in [7, 11) is 3.44. The lowest BCUT2D eigenvalue weighted by molar-refractivity contribution is 0.0827. The first-order valence-corrected chi connectivity index (χ1v) is 8.30. The summed E-state index contributed by atoms with van der Waals surface area (Å²) >= 11 is 0. The molecular formula is C18H27N3O2. The molecule has 1 heterocycles. The molecular weight excluding hydrogens is 290 g/mol. The van der Waals surface area contributed by atoms with Crippen molar-refractivity contribution in [3.8, 4) is 0 Å². The Morgan fingerprint density at radius 2 is 2.09 bits per heavy atom. The molecule has 1 aliphatic rings. The van der Waals surface area contributed by atoms with Crippen molar-refractivity contribution in [2.45, 2.75) is 33.1 Å². The highest BCUT2D eigenvalue weighted by molar-refractivity contribution is 5.97. The summed E-state index contributed by atoms with van der Waals surface area (Å²) in [5.74, 6) is 0.529. The molecule has 0 bridgehead atoms. The van der Waals surface area contributed by atoms with Crippen LogP contribution in [0, 0.1) is 12.8 Å². The first-order chi connectivity index (χ1) is 10.9. The summed E-state index contributed by atoms with van der Waals surface area (Å²) < 4.78 is 0. The molecule has 0 aromatic heterocycles.